The van der Waals surface area contributed by atoms with Gasteiger partial charge in [-0.2, -0.15) is 0 Å². The average Bonchev–Trinajstić information content (AvgIpc) is 2.97. The Morgan fingerprint density at radius 2 is 2.00 bits per heavy atom. The lowest BCUT2D eigenvalue weighted by Gasteiger charge is -2.29. The number of aliphatic carboxylic acids is 1. The summed E-state index contributed by atoms with van der Waals surface area (Å²) in [6.07, 6.45) is 3.44. The molecular weight excluding hydrogens is 284 g/mol. The van der Waals surface area contributed by atoms with Crippen molar-refractivity contribution < 1.29 is 9.90 Å². The SMILES string of the molecule is O=C(O)C1CCN(Cc2cnc(-c3ccccc3)s2)CC1. The van der Waals surface area contributed by atoms with E-state index in [0.29, 0.717) is 0 Å². The Hall–Kier alpha value is -1.72. The fourth-order valence-corrected chi connectivity index (χ4v) is 3.61. The maximum atomic E-state index is 11.0. The minimum Gasteiger partial charge on any atom is -0.481 e. The van der Waals surface area contributed by atoms with Gasteiger partial charge in [-0.15, -0.1) is 11.3 Å². The standard InChI is InChI=1S/C16H18N2O2S/c19-16(20)13-6-8-18(9-7-13)11-14-10-17-15(21-14)12-4-2-1-3-5-12/h1-5,10,13H,6-9,11H2,(H,19,20). The molecule has 4 nitrogen and oxygen atoms in total. The van der Waals surface area contributed by atoms with E-state index in [1.165, 1.54) is 4.88 Å². The molecule has 0 saturated carbocycles. The van der Waals surface area contributed by atoms with Crippen molar-refractivity contribution in [2.24, 2.45) is 5.92 Å². The summed E-state index contributed by atoms with van der Waals surface area (Å²) in [4.78, 5) is 19.0. The lowest BCUT2D eigenvalue weighted by atomic mass is 9.97. The van der Waals surface area contributed by atoms with Gasteiger partial charge in [0.25, 0.3) is 0 Å². The van der Waals surface area contributed by atoms with Gasteiger partial charge in [0, 0.05) is 23.2 Å². The maximum absolute atomic E-state index is 11.0. The third kappa shape index (κ3) is 3.49. The van der Waals surface area contributed by atoms with E-state index >= 15 is 0 Å². The molecule has 1 fully saturated rings. The summed E-state index contributed by atoms with van der Waals surface area (Å²) < 4.78 is 0. The van der Waals surface area contributed by atoms with Crippen LogP contribution in [0.3, 0.4) is 0 Å². The van der Waals surface area contributed by atoms with Gasteiger partial charge in [-0.25, -0.2) is 4.98 Å². The van der Waals surface area contributed by atoms with Gasteiger partial charge in [0.1, 0.15) is 5.01 Å². The Kier molecular flexibility index (Phi) is 4.31. The van der Waals surface area contributed by atoms with Gasteiger partial charge in [-0.3, -0.25) is 9.69 Å². The van der Waals surface area contributed by atoms with Crippen molar-refractivity contribution >= 4 is 17.3 Å². The third-order valence-electron chi connectivity index (χ3n) is 3.89. The number of likely N-dealkylation sites (tertiary alicyclic amines) is 1. The summed E-state index contributed by atoms with van der Waals surface area (Å²) in [6.45, 7) is 2.59. The van der Waals surface area contributed by atoms with E-state index in [1.54, 1.807) is 11.3 Å². The summed E-state index contributed by atoms with van der Waals surface area (Å²) in [5.74, 6) is -0.818. The number of hydrogen-bond acceptors (Lipinski definition) is 4. The lowest BCUT2D eigenvalue weighted by molar-refractivity contribution is -0.143. The van der Waals surface area contributed by atoms with Gasteiger partial charge >= 0.3 is 5.97 Å². The van der Waals surface area contributed by atoms with Gasteiger partial charge < -0.3 is 5.11 Å². The normalized spacial score (nSPS) is 17.0. The minimum absolute atomic E-state index is 0.164. The highest BCUT2D eigenvalue weighted by molar-refractivity contribution is 7.15. The Labute approximate surface area is 128 Å². The molecule has 0 amide bonds. The van der Waals surface area contributed by atoms with Crippen LogP contribution in [-0.4, -0.2) is 34.0 Å². The predicted molar refractivity (Wildman–Crippen MR) is 83.2 cm³/mol. The van der Waals surface area contributed by atoms with Gasteiger partial charge in [0.05, 0.1) is 5.92 Å². The number of carboxylic acids is 1. The molecule has 2 aromatic rings. The summed E-state index contributed by atoms with van der Waals surface area (Å²) in [5, 5.41) is 10.1. The van der Waals surface area contributed by atoms with E-state index in [1.807, 2.05) is 24.4 Å². The van der Waals surface area contributed by atoms with Crippen LogP contribution in [-0.2, 0) is 11.3 Å². The van der Waals surface area contributed by atoms with Crippen LogP contribution in [0.4, 0.5) is 0 Å². The van der Waals surface area contributed by atoms with E-state index in [2.05, 4.69) is 22.0 Å². The molecular formula is C16H18N2O2S. The van der Waals surface area contributed by atoms with Crippen molar-refractivity contribution in [1.82, 2.24) is 9.88 Å². The van der Waals surface area contributed by atoms with Crippen LogP contribution in [0.15, 0.2) is 36.5 Å². The number of benzene rings is 1. The molecule has 0 atom stereocenters. The van der Waals surface area contributed by atoms with Gasteiger partial charge in [-0.05, 0) is 25.9 Å². The quantitative estimate of drug-likeness (QED) is 0.943. The molecule has 21 heavy (non-hydrogen) atoms. The summed E-state index contributed by atoms with van der Waals surface area (Å²) in [7, 11) is 0. The van der Waals surface area contributed by atoms with Crippen LogP contribution in [0.2, 0.25) is 0 Å². The monoisotopic (exact) mass is 302 g/mol. The second-order valence-corrected chi connectivity index (χ2v) is 6.50. The molecule has 1 saturated heterocycles. The van der Waals surface area contributed by atoms with Crippen molar-refractivity contribution in [1.29, 1.82) is 0 Å². The number of aromatic nitrogens is 1. The van der Waals surface area contributed by atoms with Gasteiger partial charge in [0.2, 0.25) is 0 Å². The molecule has 0 aliphatic carbocycles. The topological polar surface area (TPSA) is 53.4 Å². The van der Waals surface area contributed by atoms with E-state index in [9.17, 15) is 4.79 Å². The smallest absolute Gasteiger partial charge is 0.306 e. The van der Waals surface area contributed by atoms with Crippen molar-refractivity contribution in [2.45, 2.75) is 19.4 Å². The third-order valence-corrected chi connectivity index (χ3v) is 4.92. The summed E-state index contributed by atoms with van der Waals surface area (Å²) >= 11 is 1.72. The van der Waals surface area contributed by atoms with Crippen LogP contribution in [0.25, 0.3) is 10.6 Å². The molecule has 1 aliphatic heterocycles. The Morgan fingerprint density at radius 1 is 1.29 bits per heavy atom. The van der Waals surface area contributed by atoms with Crippen molar-refractivity contribution in [3.8, 4) is 10.6 Å². The van der Waals surface area contributed by atoms with Crippen molar-refractivity contribution in [3.63, 3.8) is 0 Å². The Bertz CT molecular complexity index is 604. The van der Waals surface area contributed by atoms with Crippen LogP contribution in [0.1, 0.15) is 17.7 Å². The van der Waals surface area contributed by atoms with E-state index in [-0.39, 0.29) is 5.92 Å². The molecule has 1 aromatic heterocycles. The van der Waals surface area contributed by atoms with Crippen LogP contribution in [0.5, 0.6) is 0 Å². The number of carbonyl (C=O) groups is 1. The zero-order chi connectivity index (χ0) is 14.7. The second kappa shape index (κ2) is 6.37. The van der Waals surface area contributed by atoms with Crippen LogP contribution in [0, 0.1) is 5.92 Å². The number of carboxylic acid groups (broad SMARTS) is 1. The van der Waals surface area contributed by atoms with E-state index in [0.717, 1.165) is 43.0 Å². The highest BCUT2D eigenvalue weighted by Gasteiger charge is 2.24. The molecule has 0 unspecified atom stereocenters. The first-order valence-electron chi connectivity index (χ1n) is 7.17. The molecule has 1 N–H and O–H groups in total. The van der Waals surface area contributed by atoms with Gasteiger partial charge in [-0.1, -0.05) is 30.3 Å². The highest BCUT2D eigenvalue weighted by atomic mass is 32.1. The number of hydrogen-bond donors (Lipinski definition) is 1. The molecule has 5 heteroatoms. The van der Waals surface area contributed by atoms with Crippen LogP contribution >= 0.6 is 11.3 Å². The molecule has 2 heterocycles. The predicted octanol–water partition coefficient (Wildman–Crippen LogP) is 3.11. The molecule has 110 valence electrons. The van der Waals surface area contributed by atoms with Crippen molar-refractivity contribution in [3.05, 3.63) is 41.4 Å². The number of thiazole rings is 1. The zero-order valence-corrected chi connectivity index (χ0v) is 12.6. The highest BCUT2D eigenvalue weighted by Crippen LogP contribution is 2.27. The largest absolute Gasteiger partial charge is 0.481 e. The zero-order valence-electron chi connectivity index (χ0n) is 11.7. The van der Waals surface area contributed by atoms with Gasteiger partial charge in [0.15, 0.2) is 0 Å². The maximum Gasteiger partial charge on any atom is 0.306 e. The number of rotatable bonds is 4. The first-order valence-corrected chi connectivity index (χ1v) is 7.99. The fourth-order valence-electron chi connectivity index (χ4n) is 2.65. The second-order valence-electron chi connectivity index (χ2n) is 5.39. The van der Waals surface area contributed by atoms with Crippen LogP contribution < -0.4 is 0 Å². The van der Waals surface area contributed by atoms with E-state index < -0.39 is 5.97 Å². The summed E-state index contributed by atoms with van der Waals surface area (Å²) in [5.41, 5.74) is 1.15. The number of piperidine rings is 1. The first-order chi connectivity index (χ1) is 10.2. The first kappa shape index (κ1) is 14.2. The average molecular weight is 302 g/mol. The fraction of sp³-hybridized carbons (Fsp3) is 0.375. The Morgan fingerprint density at radius 3 is 2.67 bits per heavy atom. The van der Waals surface area contributed by atoms with Crippen molar-refractivity contribution in [2.75, 3.05) is 13.1 Å². The summed E-state index contributed by atoms with van der Waals surface area (Å²) in [6, 6.07) is 10.2. The molecule has 0 radical (unpaired) electrons. The molecule has 1 aromatic carbocycles. The molecule has 3 rings (SSSR count). The Balaban J connectivity index is 1.60. The minimum atomic E-state index is -0.654. The molecule has 1 aliphatic rings. The van der Waals surface area contributed by atoms with E-state index in [4.69, 9.17) is 5.11 Å². The molecule has 0 bridgehead atoms. The molecule has 0 spiro atoms. The lowest BCUT2D eigenvalue weighted by Crippen LogP contribution is -2.35. The number of nitrogens with zero attached hydrogens (tertiary/aromatic N) is 2.